The summed E-state index contributed by atoms with van der Waals surface area (Å²) in [5.41, 5.74) is 0.983. The van der Waals surface area contributed by atoms with Crippen LogP contribution in [0.2, 0.25) is 0 Å². The molecule has 0 bridgehead atoms. The van der Waals surface area contributed by atoms with Gasteiger partial charge in [0.15, 0.2) is 0 Å². The van der Waals surface area contributed by atoms with Crippen molar-refractivity contribution in [2.24, 2.45) is 5.92 Å². The molecule has 1 atom stereocenters. The second-order valence-corrected chi connectivity index (χ2v) is 6.43. The molecule has 19 heavy (non-hydrogen) atoms. The molecule has 2 aliphatic rings. The molecule has 0 aromatic rings. The monoisotopic (exact) mass is 265 g/mol. The van der Waals surface area contributed by atoms with Gasteiger partial charge in [-0.2, -0.15) is 0 Å². The van der Waals surface area contributed by atoms with Crippen LogP contribution in [-0.4, -0.2) is 54.8 Å². The fourth-order valence-corrected chi connectivity index (χ4v) is 3.65. The Morgan fingerprint density at radius 2 is 1.74 bits per heavy atom. The zero-order valence-corrected chi connectivity index (χ0v) is 12.8. The second kappa shape index (κ2) is 7.39. The Balaban J connectivity index is 1.80. The lowest BCUT2D eigenvalue weighted by Gasteiger charge is -2.39. The van der Waals surface area contributed by atoms with E-state index in [2.05, 4.69) is 23.8 Å². The summed E-state index contributed by atoms with van der Waals surface area (Å²) in [5, 5.41) is 8.01. The van der Waals surface area contributed by atoms with Crippen LogP contribution in [0.25, 0.3) is 0 Å². The van der Waals surface area contributed by atoms with Crippen LogP contribution in [0.1, 0.15) is 51.9 Å². The van der Waals surface area contributed by atoms with Crippen molar-refractivity contribution in [3.8, 4) is 0 Å². The molecule has 0 amide bonds. The average Bonchev–Trinajstić information content (AvgIpc) is 2.43. The molecular weight excluding hydrogens is 234 g/mol. The first-order valence-corrected chi connectivity index (χ1v) is 8.20. The van der Waals surface area contributed by atoms with Crippen LogP contribution in [0.4, 0.5) is 0 Å². The van der Waals surface area contributed by atoms with E-state index in [1.165, 1.54) is 64.7 Å². The molecule has 0 saturated carbocycles. The largest absolute Gasteiger partial charge is 0.309 e. The molecule has 0 radical (unpaired) electrons. The Hall–Kier alpha value is -0.410. The molecule has 1 N–H and O–H groups in total. The molecule has 2 saturated heterocycles. The first-order valence-electron chi connectivity index (χ1n) is 8.20. The Kier molecular flexibility index (Phi) is 5.83. The third-order valence-corrected chi connectivity index (χ3v) is 5.09. The standard InChI is InChI=1S/C16H31N3/c1-3-16(17)14-7-12-19(13-8-14)15-6-4-5-10-18(2)11-9-15/h14-15,17H,3-13H2,1-2H3. The number of hydrogen-bond acceptors (Lipinski definition) is 3. The maximum absolute atomic E-state index is 8.01. The summed E-state index contributed by atoms with van der Waals surface area (Å²) in [4.78, 5) is 5.21. The SMILES string of the molecule is CCC(=N)C1CCN(C2CCCCN(C)CC2)CC1. The Labute approximate surface area is 118 Å². The van der Waals surface area contributed by atoms with Gasteiger partial charge in [0.25, 0.3) is 0 Å². The quantitative estimate of drug-likeness (QED) is 0.795. The van der Waals surface area contributed by atoms with Crippen LogP contribution in [0.15, 0.2) is 0 Å². The van der Waals surface area contributed by atoms with Crippen molar-refractivity contribution < 1.29 is 0 Å². The van der Waals surface area contributed by atoms with E-state index in [0.717, 1.165) is 18.2 Å². The predicted molar refractivity (Wildman–Crippen MR) is 82.1 cm³/mol. The minimum Gasteiger partial charge on any atom is -0.309 e. The summed E-state index contributed by atoms with van der Waals surface area (Å²) in [6.07, 6.45) is 8.87. The molecule has 0 spiro atoms. The lowest BCUT2D eigenvalue weighted by atomic mass is 9.89. The van der Waals surface area contributed by atoms with E-state index in [0.29, 0.717) is 5.92 Å². The molecule has 3 nitrogen and oxygen atoms in total. The molecule has 0 aliphatic carbocycles. The van der Waals surface area contributed by atoms with Crippen molar-refractivity contribution >= 4 is 5.71 Å². The van der Waals surface area contributed by atoms with E-state index in [4.69, 9.17) is 5.41 Å². The summed E-state index contributed by atoms with van der Waals surface area (Å²) in [6.45, 7) is 7.11. The van der Waals surface area contributed by atoms with E-state index in [1.807, 2.05) is 0 Å². The number of nitrogens with zero attached hydrogens (tertiary/aromatic N) is 2. The summed E-state index contributed by atoms with van der Waals surface area (Å²) in [6, 6.07) is 0.805. The Morgan fingerprint density at radius 3 is 2.42 bits per heavy atom. The molecule has 2 rings (SSSR count). The molecule has 0 aromatic carbocycles. The van der Waals surface area contributed by atoms with Gasteiger partial charge in [-0.15, -0.1) is 0 Å². The van der Waals surface area contributed by atoms with Crippen molar-refractivity contribution in [2.75, 3.05) is 33.2 Å². The van der Waals surface area contributed by atoms with Crippen molar-refractivity contribution in [3.63, 3.8) is 0 Å². The van der Waals surface area contributed by atoms with E-state index < -0.39 is 0 Å². The van der Waals surface area contributed by atoms with Gasteiger partial charge in [-0.05, 0) is 77.7 Å². The molecule has 3 heteroatoms. The van der Waals surface area contributed by atoms with Crippen LogP contribution in [0.5, 0.6) is 0 Å². The van der Waals surface area contributed by atoms with Gasteiger partial charge in [0.05, 0.1) is 0 Å². The Bertz CT molecular complexity index is 282. The highest BCUT2D eigenvalue weighted by Gasteiger charge is 2.26. The molecular formula is C16H31N3. The zero-order chi connectivity index (χ0) is 13.7. The fourth-order valence-electron chi connectivity index (χ4n) is 3.65. The van der Waals surface area contributed by atoms with Crippen molar-refractivity contribution in [3.05, 3.63) is 0 Å². The van der Waals surface area contributed by atoms with Gasteiger partial charge in [-0.1, -0.05) is 13.3 Å². The van der Waals surface area contributed by atoms with E-state index >= 15 is 0 Å². The molecule has 1 unspecified atom stereocenters. The van der Waals surface area contributed by atoms with Gasteiger partial charge < -0.3 is 15.2 Å². The maximum Gasteiger partial charge on any atom is 0.0118 e. The first-order chi connectivity index (χ1) is 9.20. The average molecular weight is 265 g/mol. The van der Waals surface area contributed by atoms with Gasteiger partial charge >= 0.3 is 0 Å². The number of piperidine rings is 1. The zero-order valence-electron chi connectivity index (χ0n) is 12.8. The summed E-state index contributed by atoms with van der Waals surface area (Å²) in [7, 11) is 2.26. The lowest BCUT2D eigenvalue weighted by Crippen LogP contribution is -2.44. The number of hydrogen-bond donors (Lipinski definition) is 1. The number of likely N-dealkylation sites (tertiary alicyclic amines) is 2. The van der Waals surface area contributed by atoms with Crippen LogP contribution >= 0.6 is 0 Å². The van der Waals surface area contributed by atoms with Gasteiger partial charge in [-0.25, -0.2) is 0 Å². The highest BCUT2D eigenvalue weighted by Crippen LogP contribution is 2.25. The van der Waals surface area contributed by atoms with Gasteiger partial charge in [0.1, 0.15) is 0 Å². The normalized spacial score (nSPS) is 28.8. The lowest BCUT2D eigenvalue weighted by molar-refractivity contribution is 0.115. The van der Waals surface area contributed by atoms with Gasteiger partial charge in [0.2, 0.25) is 0 Å². The first kappa shape index (κ1) is 15.0. The minimum atomic E-state index is 0.581. The van der Waals surface area contributed by atoms with Crippen LogP contribution in [0, 0.1) is 11.3 Å². The maximum atomic E-state index is 8.01. The number of nitrogens with one attached hydrogen (secondary N) is 1. The van der Waals surface area contributed by atoms with Crippen molar-refractivity contribution in [1.82, 2.24) is 9.80 Å². The predicted octanol–water partition coefficient (Wildman–Crippen LogP) is 3.00. The third-order valence-electron chi connectivity index (χ3n) is 5.09. The minimum absolute atomic E-state index is 0.581. The summed E-state index contributed by atoms with van der Waals surface area (Å²) in [5.74, 6) is 0.581. The molecule has 2 fully saturated rings. The van der Waals surface area contributed by atoms with Gasteiger partial charge in [0, 0.05) is 11.8 Å². The molecule has 110 valence electrons. The number of rotatable bonds is 3. The smallest absolute Gasteiger partial charge is 0.0118 e. The van der Waals surface area contributed by atoms with E-state index in [9.17, 15) is 0 Å². The van der Waals surface area contributed by atoms with Gasteiger partial charge in [-0.3, -0.25) is 0 Å². The third kappa shape index (κ3) is 4.28. The molecule has 0 aromatic heterocycles. The van der Waals surface area contributed by atoms with Crippen molar-refractivity contribution in [2.45, 2.75) is 57.9 Å². The highest BCUT2D eigenvalue weighted by atomic mass is 15.2. The molecule has 2 aliphatic heterocycles. The van der Waals surface area contributed by atoms with E-state index in [1.54, 1.807) is 0 Å². The molecule has 2 heterocycles. The van der Waals surface area contributed by atoms with Crippen molar-refractivity contribution in [1.29, 1.82) is 5.41 Å². The van der Waals surface area contributed by atoms with Crippen LogP contribution < -0.4 is 0 Å². The topological polar surface area (TPSA) is 30.3 Å². The van der Waals surface area contributed by atoms with Crippen LogP contribution in [0.3, 0.4) is 0 Å². The van der Waals surface area contributed by atoms with Crippen LogP contribution in [-0.2, 0) is 0 Å². The fraction of sp³-hybridized carbons (Fsp3) is 0.938. The summed E-state index contributed by atoms with van der Waals surface area (Å²) < 4.78 is 0. The highest BCUT2D eigenvalue weighted by molar-refractivity contribution is 5.83. The van der Waals surface area contributed by atoms with E-state index in [-0.39, 0.29) is 0 Å². The Morgan fingerprint density at radius 1 is 1.00 bits per heavy atom. The second-order valence-electron chi connectivity index (χ2n) is 6.43. The summed E-state index contributed by atoms with van der Waals surface area (Å²) >= 11 is 0.